The highest BCUT2D eigenvalue weighted by Crippen LogP contribution is 2.56. The number of hydrogen-bond acceptors (Lipinski definition) is 3. The molecule has 0 saturated carbocycles. The largest absolute Gasteiger partial charge is 0.309 e. The third-order valence-electron chi connectivity index (χ3n) is 11.8. The first-order chi connectivity index (χ1) is 26.5. The zero-order valence-corrected chi connectivity index (χ0v) is 31.8. The molecule has 1 aromatic heterocycles. The highest BCUT2D eigenvalue weighted by molar-refractivity contribution is 8.00. The summed E-state index contributed by atoms with van der Waals surface area (Å²) in [6, 6.07) is 56.5. The van der Waals surface area contributed by atoms with Crippen molar-refractivity contribution in [3.8, 4) is 33.4 Å². The third kappa shape index (κ3) is 4.78. The second-order valence-electron chi connectivity index (χ2n) is 15.2. The predicted molar refractivity (Wildman–Crippen MR) is 233 cm³/mol. The first kappa shape index (κ1) is 31.9. The first-order valence-corrected chi connectivity index (χ1v) is 20.5. The fourth-order valence-electron chi connectivity index (χ4n) is 9.15. The van der Waals surface area contributed by atoms with E-state index in [1.165, 1.54) is 80.8 Å². The summed E-state index contributed by atoms with van der Waals surface area (Å²) in [6.45, 7) is 4.74. The lowest BCUT2D eigenvalue weighted by atomic mass is 9.82. The molecule has 8 aromatic rings. The summed E-state index contributed by atoms with van der Waals surface area (Å²) in [7, 11) is 0. The normalized spacial score (nSPS) is 17.4. The lowest BCUT2D eigenvalue weighted by molar-refractivity contribution is 0.661. The van der Waals surface area contributed by atoms with Crippen molar-refractivity contribution in [2.75, 3.05) is 4.90 Å². The van der Waals surface area contributed by atoms with E-state index in [1.54, 1.807) is 0 Å². The number of hydrogen-bond donors (Lipinski definition) is 0. The van der Waals surface area contributed by atoms with Crippen LogP contribution in [0.3, 0.4) is 0 Å². The van der Waals surface area contributed by atoms with Crippen molar-refractivity contribution in [3.05, 3.63) is 193 Å². The van der Waals surface area contributed by atoms with Crippen molar-refractivity contribution in [1.29, 1.82) is 0 Å². The van der Waals surface area contributed by atoms with Crippen LogP contribution in [-0.2, 0) is 5.41 Å². The highest BCUT2D eigenvalue weighted by Gasteiger charge is 2.37. The Labute approximate surface area is 324 Å². The first-order valence-electron chi connectivity index (χ1n) is 18.8. The van der Waals surface area contributed by atoms with Gasteiger partial charge in [-0.2, -0.15) is 0 Å². The number of allylic oxidation sites excluding steroid dienone is 3. The van der Waals surface area contributed by atoms with Gasteiger partial charge in [-0.05, 0) is 74.8 Å². The van der Waals surface area contributed by atoms with Crippen LogP contribution in [0.25, 0.3) is 53.6 Å². The van der Waals surface area contributed by atoms with Gasteiger partial charge in [0, 0.05) is 53.9 Å². The van der Waals surface area contributed by atoms with Crippen LogP contribution in [0.2, 0.25) is 0 Å². The Morgan fingerprint density at radius 3 is 2.00 bits per heavy atom. The van der Waals surface area contributed by atoms with E-state index in [2.05, 4.69) is 195 Å². The molecular formula is C51H37NS2. The summed E-state index contributed by atoms with van der Waals surface area (Å²) >= 11 is 3.95. The Bertz CT molecular complexity index is 2820. The molecule has 2 aliphatic carbocycles. The van der Waals surface area contributed by atoms with Gasteiger partial charge in [-0.25, -0.2) is 0 Å². The lowest BCUT2D eigenvalue weighted by Gasteiger charge is -2.26. The Morgan fingerprint density at radius 1 is 0.519 bits per heavy atom. The van der Waals surface area contributed by atoms with Crippen LogP contribution in [0.1, 0.15) is 36.5 Å². The Kier molecular flexibility index (Phi) is 7.21. The number of fused-ring (bicyclic) bond motifs is 10. The molecule has 7 aromatic carbocycles. The standard InChI is InChI=1S/C51H37NS2/c1-51(2)43-19-8-6-15-42(43)47-44(51)31-30-41-40-18-11-20-45(49(40)54-50(41)47)52(35-26-22-33(23-27-35)32-12-4-3-5-13-32)36-28-24-34(25-29-36)37-16-10-17-39-38-14-7-9-21-46(38)53-48(37)39/h3-31,38,46H,1-2H3. The second kappa shape index (κ2) is 12.2. The van der Waals surface area contributed by atoms with Gasteiger partial charge in [0.1, 0.15) is 0 Å². The highest BCUT2D eigenvalue weighted by atomic mass is 32.2. The molecule has 3 aliphatic rings. The fourth-order valence-corrected chi connectivity index (χ4v) is 12.0. The average Bonchev–Trinajstić information content (AvgIpc) is 3.87. The van der Waals surface area contributed by atoms with Crippen molar-refractivity contribution in [2.45, 2.75) is 35.3 Å². The monoisotopic (exact) mass is 727 g/mol. The summed E-state index contributed by atoms with van der Waals surface area (Å²) in [5.74, 6) is 0.450. The molecule has 2 atom stereocenters. The zero-order chi connectivity index (χ0) is 36.0. The summed E-state index contributed by atoms with van der Waals surface area (Å²) in [5.41, 5.74) is 15.5. The number of nitrogens with zero attached hydrogens (tertiary/aromatic N) is 1. The molecule has 2 unspecified atom stereocenters. The Hall–Kier alpha value is -5.61. The van der Waals surface area contributed by atoms with Crippen LogP contribution in [0.15, 0.2) is 181 Å². The molecule has 1 aliphatic heterocycles. The minimum atomic E-state index is -0.0316. The van der Waals surface area contributed by atoms with Gasteiger partial charge in [0.15, 0.2) is 0 Å². The number of benzene rings is 7. The minimum Gasteiger partial charge on any atom is -0.309 e. The number of anilines is 3. The van der Waals surface area contributed by atoms with Gasteiger partial charge in [-0.1, -0.05) is 159 Å². The van der Waals surface area contributed by atoms with Gasteiger partial charge in [0.2, 0.25) is 0 Å². The van der Waals surface area contributed by atoms with Gasteiger partial charge in [0.05, 0.1) is 10.4 Å². The zero-order valence-electron chi connectivity index (χ0n) is 30.2. The predicted octanol–water partition coefficient (Wildman–Crippen LogP) is 14.8. The van der Waals surface area contributed by atoms with E-state index < -0.39 is 0 Å². The van der Waals surface area contributed by atoms with Crippen LogP contribution in [0, 0.1) is 0 Å². The minimum absolute atomic E-state index is 0.0316. The molecule has 0 N–H and O–H groups in total. The summed E-state index contributed by atoms with van der Waals surface area (Å²) in [4.78, 5) is 3.88. The van der Waals surface area contributed by atoms with Gasteiger partial charge in [-0.3, -0.25) is 0 Å². The van der Waals surface area contributed by atoms with Crippen molar-refractivity contribution in [3.63, 3.8) is 0 Å². The Balaban J connectivity index is 1.07. The molecule has 3 heteroatoms. The van der Waals surface area contributed by atoms with Gasteiger partial charge < -0.3 is 4.90 Å². The summed E-state index contributed by atoms with van der Waals surface area (Å²) in [6.07, 6.45) is 9.11. The van der Waals surface area contributed by atoms with E-state index in [0.29, 0.717) is 11.2 Å². The molecule has 0 bridgehead atoms. The molecule has 0 amide bonds. The Morgan fingerprint density at radius 2 is 1.19 bits per heavy atom. The quantitative estimate of drug-likeness (QED) is 0.174. The van der Waals surface area contributed by atoms with E-state index in [4.69, 9.17) is 0 Å². The van der Waals surface area contributed by atoms with Gasteiger partial charge in [0.25, 0.3) is 0 Å². The lowest BCUT2D eigenvalue weighted by Crippen LogP contribution is -2.14. The van der Waals surface area contributed by atoms with E-state index >= 15 is 0 Å². The fraction of sp³-hybridized carbons (Fsp3) is 0.0980. The number of thioether (sulfide) groups is 1. The van der Waals surface area contributed by atoms with Crippen LogP contribution < -0.4 is 4.90 Å². The topological polar surface area (TPSA) is 3.24 Å². The van der Waals surface area contributed by atoms with Crippen molar-refractivity contribution in [2.24, 2.45) is 0 Å². The number of rotatable bonds is 5. The van der Waals surface area contributed by atoms with Crippen LogP contribution in [0.5, 0.6) is 0 Å². The number of thiophene rings is 1. The van der Waals surface area contributed by atoms with Crippen LogP contribution in [0.4, 0.5) is 17.1 Å². The summed E-state index contributed by atoms with van der Waals surface area (Å²) in [5, 5.41) is 3.11. The van der Waals surface area contributed by atoms with Crippen molar-refractivity contribution < 1.29 is 0 Å². The van der Waals surface area contributed by atoms with Gasteiger partial charge >= 0.3 is 0 Å². The maximum Gasteiger partial charge on any atom is 0.0640 e. The van der Waals surface area contributed by atoms with Crippen LogP contribution >= 0.6 is 23.1 Å². The molecule has 11 rings (SSSR count). The van der Waals surface area contributed by atoms with Gasteiger partial charge in [-0.15, -0.1) is 23.1 Å². The third-order valence-corrected chi connectivity index (χ3v) is 14.5. The second-order valence-corrected chi connectivity index (χ2v) is 17.4. The van der Waals surface area contributed by atoms with Crippen LogP contribution in [-0.4, -0.2) is 5.25 Å². The molecule has 0 spiro atoms. The maximum absolute atomic E-state index is 2.46. The van der Waals surface area contributed by atoms with Crippen molar-refractivity contribution in [1.82, 2.24) is 0 Å². The van der Waals surface area contributed by atoms with E-state index in [-0.39, 0.29) is 5.41 Å². The molecule has 0 fully saturated rings. The molecule has 0 saturated heterocycles. The van der Waals surface area contributed by atoms with Crippen molar-refractivity contribution >= 4 is 60.3 Å². The molecule has 54 heavy (non-hydrogen) atoms. The molecular weight excluding hydrogens is 691 g/mol. The molecule has 258 valence electrons. The molecule has 2 heterocycles. The molecule has 0 radical (unpaired) electrons. The summed E-state index contributed by atoms with van der Waals surface area (Å²) < 4.78 is 2.68. The SMILES string of the molecule is CC1(C)c2ccccc2-c2c1ccc1c2sc2c(N(c3ccc(-c4ccccc4)cc3)c3ccc(-c4cccc5c4SC4C=CC=CC54)cc3)cccc21. The smallest absolute Gasteiger partial charge is 0.0640 e. The average molecular weight is 728 g/mol. The van der Waals surface area contributed by atoms with E-state index in [0.717, 1.165) is 11.4 Å². The van der Waals surface area contributed by atoms with E-state index in [1.807, 2.05) is 23.1 Å². The molecule has 1 nitrogen and oxygen atoms in total. The van der Waals surface area contributed by atoms with E-state index in [9.17, 15) is 0 Å². The maximum atomic E-state index is 2.46.